The summed E-state index contributed by atoms with van der Waals surface area (Å²) in [7, 11) is 0. The van der Waals surface area contributed by atoms with Crippen LogP contribution < -0.4 is 15.6 Å². The summed E-state index contributed by atoms with van der Waals surface area (Å²) in [6, 6.07) is 10.8. The van der Waals surface area contributed by atoms with Crippen LogP contribution in [0.5, 0.6) is 5.75 Å². The number of carbonyl (C=O) groups excluding carboxylic acids is 2. The number of carbonyl (C=O) groups is 2. The molecule has 0 heterocycles. The van der Waals surface area contributed by atoms with Crippen LogP contribution in [0.4, 0.5) is 0 Å². The van der Waals surface area contributed by atoms with Crippen LogP contribution in [0.2, 0.25) is 5.02 Å². The van der Waals surface area contributed by atoms with Gasteiger partial charge in [-0.15, -0.1) is 11.8 Å². The number of rotatable bonds is 5. The van der Waals surface area contributed by atoms with E-state index in [1.54, 1.807) is 12.1 Å². The lowest BCUT2D eigenvalue weighted by atomic mass is 10.1. The van der Waals surface area contributed by atoms with E-state index in [-0.39, 0.29) is 6.61 Å². The number of hydrazine groups is 1. The van der Waals surface area contributed by atoms with Gasteiger partial charge in [0, 0.05) is 4.90 Å². The lowest BCUT2D eigenvalue weighted by Crippen LogP contribution is -2.43. The van der Waals surface area contributed by atoms with Crippen molar-refractivity contribution >= 4 is 35.2 Å². The Morgan fingerprint density at radius 1 is 1.08 bits per heavy atom. The third-order valence-electron chi connectivity index (χ3n) is 3.30. The molecule has 0 unspecified atom stereocenters. The molecule has 0 spiro atoms. The molecule has 2 N–H and O–H groups in total. The van der Waals surface area contributed by atoms with E-state index in [0.29, 0.717) is 16.3 Å². The summed E-state index contributed by atoms with van der Waals surface area (Å²) in [5.74, 6) is -0.347. The van der Waals surface area contributed by atoms with Crippen molar-refractivity contribution in [2.45, 2.75) is 18.7 Å². The topological polar surface area (TPSA) is 67.4 Å². The highest BCUT2D eigenvalue weighted by Gasteiger charge is 2.12. The first-order valence-electron chi connectivity index (χ1n) is 7.53. The Morgan fingerprint density at radius 2 is 1.76 bits per heavy atom. The molecule has 5 nitrogen and oxygen atoms in total. The molecule has 0 radical (unpaired) electrons. The number of nitrogens with one attached hydrogen (secondary N) is 2. The highest BCUT2D eigenvalue weighted by Crippen LogP contribution is 2.22. The minimum absolute atomic E-state index is 0.207. The van der Waals surface area contributed by atoms with Gasteiger partial charge in [0.25, 0.3) is 11.8 Å². The summed E-state index contributed by atoms with van der Waals surface area (Å²) in [6.07, 6.45) is 1.90. The van der Waals surface area contributed by atoms with Crippen LogP contribution in [0, 0.1) is 13.8 Å². The number of hydrogen-bond donors (Lipinski definition) is 2. The Hall–Kier alpha value is -2.18. The maximum atomic E-state index is 12.1. The molecule has 0 aromatic heterocycles. The first-order valence-corrected chi connectivity index (χ1v) is 9.13. The Kier molecular flexibility index (Phi) is 6.73. The molecule has 0 saturated heterocycles. The predicted molar refractivity (Wildman–Crippen MR) is 100 cm³/mol. The van der Waals surface area contributed by atoms with Gasteiger partial charge in [-0.3, -0.25) is 20.4 Å². The van der Waals surface area contributed by atoms with Crippen LogP contribution in [0.25, 0.3) is 0 Å². The van der Waals surface area contributed by atoms with E-state index < -0.39 is 11.8 Å². The Balaban J connectivity index is 1.88. The van der Waals surface area contributed by atoms with Crippen LogP contribution >= 0.6 is 23.4 Å². The van der Waals surface area contributed by atoms with Gasteiger partial charge in [0.2, 0.25) is 0 Å². The van der Waals surface area contributed by atoms with Crippen molar-refractivity contribution < 1.29 is 14.3 Å². The zero-order valence-corrected chi connectivity index (χ0v) is 15.8. The lowest BCUT2D eigenvalue weighted by Gasteiger charge is -2.11. The van der Waals surface area contributed by atoms with E-state index in [1.165, 1.54) is 11.8 Å². The number of benzene rings is 2. The van der Waals surface area contributed by atoms with Crippen molar-refractivity contribution in [2.75, 3.05) is 12.9 Å². The average molecular weight is 379 g/mol. The van der Waals surface area contributed by atoms with Gasteiger partial charge in [-0.05, 0) is 61.6 Å². The number of aryl methyl sites for hydroxylation is 2. The monoisotopic (exact) mass is 378 g/mol. The molecular formula is C18H19ClN2O3S. The van der Waals surface area contributed by atoms with Crippen molar-refractivity contribution in [2.24, 2.45) is 0 Å². The van der Waals surface area contributed by atoms with Crippen molar-refractivity contribution in [1.82, 2.24) is 10.9 Å². The molecule has 2 aromatic carbocycles. The molecule has 2 amide bonds. The quantitative estimate of drug-likeness (QED) is 0.617. The van der Waals surface area contributed by atoms with Crippen LogP contribution in [0.15, 0.2) is 41.3 Å². The fraction of sp³-hybridized carbons (Fsp3) is 0.222. The molecule has 132 valence electrons. The van der Waals surface area contributed by atoms with E-state index in [4.69, 9.17) is 16.3 Å². The number of ether oxygens (including phenoxy) is 1. The minimum atomic E-state index is -0.486. The van der Waals surface area contributed by atoms with E-state index in [9.17, 15) is 9.59 Å². The van der Waals surface area contributed by atoms with Gasteiger partial charge in [0.15, 0.2) is 6.61 Å². The van der Waals surface area contributed by atoms with E-state index in [1.807, 2.05) is 44.4 Å². The predicted octanol–water partition coefficient (Wildman–Crippen LogP) is 3.52. The fourth-order valence-electron chi connectivity index (χ4n) is 2.20. The molecule has 0 aliphatic heterocycles. The molecule has 2 rings (SSSR count). The zero-order chi connectivity index (χ0) is 18.4. The van der Waals surface area contributed by atoms with Gasteiger partial charge in [0.05, 0.1) is 10.6 Å². The Bertz CT molecular complexity index is 776. The molecular weight excluding hydrogens is 360 g/mol. The summed E-state index contributed by atoms with van der Waals surface area (Å²) in [6.45, 7) is 3.70. The third-order valence-corrected chi connectivity index (χ3v) is 4.35. The van der Waals surface area contributed by atoms with Crippen molar-refractivity contribution in [3.05, 3.63) is 58.1 Å². The smallest absolute Gasteiger partial charge is 0.276 e. The average Bonchev–Trinajstić information content (AvgIpc) is 2.57. The van der Waals surface area contributed by atoms with Gasteiger partial charge in [-0.25, -0.2) is 0 Å². The molecule has 0 saturated carbocycles. The van der Waals surface area contributed by atoms with Crippen LogP contribution in [0.3, 0.4) is 0 Å². The van der Waals surface area contributed by atoms with Crippen molar-refractivity contribution in [3.63, 3.8) is 0 Å². The van der Waals surface area contributed by atoms with E-state index in [0.717, 1.165) is 16.0 Å². The highest BCUT2D eigenvalue weighted by molar-refractivity contribution is 7.98. The summed E-state index contributed by atoms with van der Waals surface area (Å²) in [5.41, 5.74) is 7.05. The number of thioether (sulfide) groups is 1. The number of amides is 2. The van der Waals surface area contributed by atoms with Gasteiger partial charge in [0.1, 0.15) is 5.75 Å². The van der Waals surface area contributed by atoms with Gasteiger partial charge in [-0.2, -0.15) is 0 Å². The first-order chi connectivity index (χ1) is 11.9. The van der Waals surface area contributed by atoms with Crippen LogP contribution in [-0.2, 0) is 4.79 Å². The highest BCUT2D eigenvalue weighted by atomic mass is 35.5. The third kappa shape index (κ3) is 5.69. The maximum Gasteiger partial charge on any atom is 0.276 e. The molecule has 7 heteroatoms. The van der Waals surface area contributed by atoms with Gasteiger partial charge in [-0.1, -0.05) is 17.7 Å². The van der Waals surface area contributed by atoms with E-state index >= 15 is 0 Å². The van der Waals surface area contributed by atoms with Crippen molar-refractivity contribution in [3.8, 4) is 5.75 Å². The summed E-state index contributed by atoms with van der Waals surface area (Å²) in [5, 5.41) is 0.316. The Morgan fingerprint density at radius 3 is 2.40 bits per heavy atom. The van der Waals surface area contributed by atoms with Gasteiger partial charge < -0.3 is 4.74 Å². The maximum absolute atomic E-state index is 12.1. The largest absolute Gasteiger partial charge is 0.484 e. The lowest BCUT2D eigenvalue weighted by molar-refractivity contribution is -0.123. The van der Waals surface area contributed by atoms with Gasteiger partial charge >= 0.3 is 0 Å². The first kappa shape index (κ1) is 19.1. The molecule has 0 fully saturated rings. The molecule has 0 bridgehead atoms. The number of halogens is 1. The molecule has 0 aliphatic rings. The molecule has 0 aliphatic carbocycles. The second-order valence-electron chi connectivity index (χ2n) is 5.46. The number of hydrogen-bond acceptors (Lipinski definition) is 4. The second-order valence-corrected chi connectivity index (χ2v) is 6.75. The normalized spacial score (nSPS) is 10.2. The SMILES string of the molecule is CSc1ccc(Cl)c(C(=O)NNC(=O)COc2cc(C)cc(C)c2)c1. The fourth-order valence-corrected chi connectivity index (χ4v) is 2.84. The second kappa shape index (κ2) is 8.78. The Labute approximate surface area is 156 Å². The summed E-state index contributed by atoms with van der Waals surface area (Å²) in [4.78, 5) is 24.9. The van der Waals surface area contributed by atoms with E-state index in [2.05, 4.69) is 10.9 Å². The molecule has 0 atom stereocenters. The van der Waals surface area contributed by atoms with Crippen LogP contribution in [-0.4, -0.2) is 24.7 Å². The minimum Gasteiger partial charge on any atom is -0.484 e. The summed E-state index contributed by atoms with van der Waals surface area (Å²) >= 11 is 7.52. The summed E-state index contributed by atoms with van der Waals surface area (Å²) < 4.78 is 5.43. The molecule has 2 aromatic rings. The van der Waals surface area contributed by atoms with Crippen molar-refractivity contribution in [1.29, 1.82) is 0 Å². The zero-order valence-electron chi connectivity index (χ0n) is 14.2. The van der Waals surface area contributed by atoms with Crippen LogP contribution in [0.1, 0.15) is 21.5 Å². The standard InChI is InChI=1S/C18H19ClN2O3S/c1-11-6-12(2)8-13(7-11)24-10-17(22)20-21-18(23)15-9-14(25-3)4-5-16(15)19/h4-9H,10H2,1-3H3,(H,20,22)(H,21,23). The molecule has 25 heavy (non-hydrogen) atoms.